The lowest BCUT2D eigenvalue weighted by Gasteiger charge is -2.40. The zero-order chi connectivity index (χ0) is 28.8. The van der Waals surface area contributed by atoms with Crippen LogP contribution in [0.4, 0.5) is 5.69 Å². The standard InChI is InChI=1S/C31H35ClN2O5S/c1-5-17-33(25-19(3)11-10-14-21(25)32)28(37)26-31-16-15-30(4,40-31)24(29(38)39-6-2)23(31)27(36)34(26)22(18-35)20-12-8-7-9-13-20/h5,7-14,22-24,26,35H,1,6,15-18H2,2-4H3/t22-,23+,24-,26?,30+,31?/m1/s1. The van der Waals surface area contributed by atoms with Crippen molar-refractivity contribution in [2.45, 2.75) is 55.2 Å². The minimum Gasteiger partial charge on any atom is -0.466 e. The summed E-state index contributed by atoms with van der Waals surface area (Å²) in [5.74, 6) is -2.45. The Kier molecular flexibility index (Phi) is 7.81. The summed E-state index contributed by atoms with van der Waals surface area (Å²) in [6.45, 7) is 9.54. The number of thioether (sulfide) groups is 1. The first kappa shape index (κ1) is 28.7. The highest BCUT2D eigenvalue weighted by Gasteiger charge is 2.78. The van der Waals surface area contributed by atoms with Gasteiger partial charge in [-0.25, -0.2) is 0 Å². The number of hydrogen-bond donors (Lipinski definition) is 1. The van der Waals surface area contributed by atoms with Gasteiger partial charge in [-0.3, -0.25) is 14.4 Å². The second-order valence-electron chi connectivity index (χ2n) is 11.0. The van der Waals surface area contributed by atoms with Crippen molar-refractivity contribution < 1.29 is 24.2 Å². The summed E-state index contributed by atoms with van der Waals surface area (Å²) in [5, 5.41) is 11.1. The summed E-state index contributed by atoms with van der Waals surface area (Å²) in [6, 6.07) is 13.0. The molecule has 2 bridgehead atoms. The number of para-hydroxylation sites is 1. The van der Waals surface area contributed by atoms with Crippen molar-refractivity contribution in [3.05, 3.63) is 77.3 Å². The SMILES string of the molecule is C=CCN(C(=O)C1N([C@H](CO)c2ccccc2)C(=O)[C@@H]2[C@H](C(=O)OCC)[C@]3(C)CCC12S3)c1c(C)cccc1Cl. The van der Waals surface area contributed by atoms with Crippen LogP contribution in [-0.4, -0.2) is 63.1 Å². The smallest absolute Gasteiger partial charge is 0.311 e. The van der Waals surface area contributed by atoms with Crippen molar-refractivity contribution >= 4 is 46.8 Å². The normalized spacial score (nSPS) is 29.3. The van der Waals surface area contributed by atoms with Gasteiger partial charge < -0.3 is 19.6 Å². The molecule has 40 heavy (non-hydrogen) atoms. The van der Waals surface area contributed by atoms with E-state index in [1.54, 1.807) is 40.6 Å². The number of nitrogens with zero attached hydrogens (tertiary/aromatic N) is 2. The van der Waals surface area contributed by atoms with Gasteiger partial charge in [-0.15, -0.1) is 18.3 Å². The molecule has 0 aromatic heterocycles. The molecule has 2 amide bonds. The zero-order valence-corrected chi connectivity index (χ0v) is 24.6. The van der Waals surface area contributed by atoms with E-state index in [9.17, 15) is 19.5 Å². The molecule has 0 radical (unpaired) electrons. The van der Waals surface area contributed by atoms with E-state index in [0.717, 1.165) is 11.1 Å². The van der Waals surface area contributed by atoms with Gasteiger partial charge in [0.05, 0.1) is 46.5 Å². The Bertz CT molecular complexity index is 1320. The minimum absolute atomic E-state index is 0.182. The number of likely N-dealkylation sites (tertiary alicyclic amines) is 1. The van der Waals surface area contributed by atoms with Crippen LogP contribution in [0.3, 0.4) is 0 Å². The number of esters is 1. The Morgan fingerprint density at radius 1 is 1.25 bits per heavy atom. The van der Waals surface area contributed by atoms with Crippen LogP contribution in [-0.2, 0) is 19.1 Å². The van der Waals surface area contributed by atoms with Crippen molar-refractivity contribution in [3.8, 4) is 0 Å². The fourth-order valence-electron chi connectivity index (χ4n) is 7.13. The van der Waals surface area contributed by atoms with Crippen molar-refractivity contribution in [2.24, 2.45) is 11.8 Å². The number of halogens is 1. The molecule has 2 aromatic rings. The van der Waals surface area contributed by atoms with Gasteiger partial charge in [0, 0.05) is 11.3 Å². The Hall–Kier alpha value is -2.81. The van der Waals surface area contributed by atoms with Gasteiger partial charge in [-0.05, 0) is 50.8 Å². The maximum absolute atomic E-state index is 14.9. The molecule has 5 rings (SSSR count). The van der Waals surface area contributed by atoms with Crippen LogP contribution >= 0.6 is 23.4 Å². The van der Waals surface area contributed by atoms with E-state index in [1.807, 2.05) is 56.3 Å². The Morgan fingerprint density at radius 3 is 2.60 bits per heavy atom. The van der Waals surface area contributed by atoms with Gasteiger partial charge in [0.25, 0.3) is 5.91 Å². The maximum Gasteiger partial charge on any atom is 0.311 e. The molecule has 3 fully saturated rings. The molecule has 3 heterocycles. The number of ether oxygens (including phenoxy) is 1. The molecule has 2 aromatic carbocycles. The fourth-order valence-corrected chi connectivity index (χ4v) is 9.78. The number of aryl methyl sites for hydroxylation is 1. The first-order valence-electron chi connectivity index (χ1n) is 13.7. The Morgan fingerprint density at radius 2 is 1.98 bits per heavy atom. The van der Waals surface area contributed by atoms with E-state index in [4.69, 9.17) is 16.3 Å². The average molecular weight is 583 g/mol. The summed E-state index contributed by atoms with van der Waals surface area (Å²) < 4.78 is 4.08. The molecule has 0 saturated carbocycles. The third kappa shape index (κ3) is 4.27. The van der Waals surface area contributed by atoms with Gasteiger partial charge >= 0.3 is 5.97 Å². The fraction of sp³-hybridized carbons (Fsp3) is 0.452. The predicted octanol–water partition coefficient (Wildman–Crippen LogP) is 4.95. The van der Waals surface area contributed by atoms with Crippen molar-refractivity contribution in [3.63, 3.8) is 0 Å². The zero-order valence-electron chi connectivity index (χ0n) is 23.0. The number of amides is 2. The number of anilines is 1. The molecule has 3 aliphatic rings. The van der Waals surface area contributed by atoms with Crippen molar-refractivity contribution in [2.75, 3.05) is 24.7 Å². The predicted molar refractivity (Wildman–Crippen MR) is 157 cm³/mol. The lowest BCUT2D eigenvalue weighted by atomic mass is 9.66. The highest BCUT2D eigenvalue weighted by molar-refractivity contribution is 8.02. The van der Waals surface area contributed by atoms with Gasteiger partial charge in [-0.1, -0.05) is 60.1 Å². The van der Waals surface area contributed by atoms with E-state index in [2.05, 4.69) is 6.58 Å². The van der Waals surface area contributed by atoms with Gasteiger partial charge in [0.2, 0.25) is 5.91 Å². The van der Waals surface area contributed by atoms with Gasteiger partial charge in [-0.2, -0.15) is 0 Å². The number of fused-ring (bicyclic) bond motifs is 1. The van der Waals surface area contributed by atoms with E-state index < -0.39 is 39.4 Å². The monoisotopic (exact) mass is 582 g/mol. The van der Waals surface area contributed by atoms with E-state index in [-0.39, 0.29) is 31.6 Å². The van der Waals surface area contributed by atoms with Crippen LogP contribution in [0.1, 0.15) is 43.9 Å². The molecule has 9 heteroatoms. The molecule has 1 spiro atoms. The third-order valence-corrected chi connectivity index (χ3v) is 11.0. The molecular weight excluding hydrogens is 548 g/mol. The summed E-state index contributed by atoms with van der Waals surface area (Å²) in [5.41, 5.74) is 2.09. The number of carbonyl (C=O) groups excluding carboxylic acids is 3. The molecule has 0 aliphatic carbocycles. The quantitative estimate of drug-likeness (QED) is 0.333. The third-order valence-electron chi connectivity index (χ3n) is 8.72. The van der Waals surface area contributed by atoms with E-state index in [1.165, 1.54) is 0 Å². The number of aliphatic hydroxyl groups is 1. The van der Waals surface area contributed by atoms with Crippen LogP contribution < -0.4 is 4.90 Å². The summed E-state index contributed by atoms with van der Waals surface area (Å²) in [4.78, 5) is 46.0. The molecule has 7 nitrogen and oxygen atoms in total. The molecular formula is C31H35ClN2O5S. The Labute approximate surface area is 244 Å². The van der Waals surface area contributed by atoms with Gasteiger partial charge in [0.1, 0.15) is 6.04 Å². The topological polar surface area (TPSA) is 87.2 Å². The van der Waals surface area contributed by atoms with Crippen LogP contribution in [0.25, 0.3) is 0 Å². The average Bonchev–Trinajstić information content (AvgIpc) is 3.50. The molecule has 3 saturated heterocycles. The minimum atomic E-state index is -0.941. The van der Waals surface area contributed by atoms with Crippen LogP contribution in [0, 0.1) is 18.8 Å². The van der Waals surface area contributed by atoms with Crippen LogP contribution in [0.2, 0.25) is 5.02 Å². The summed E-state index contributed by atoms with van der Waals surface area (Å²) in [6.07, 6.45) is 2.90. The lowest BCUT2D eigenvalue weighted by Crippen LogP contribution is -2.56. The number of rotatable bonds is 9. The van der Waals surface area contributed by atoms with Crippen LogP contribution in [0.5, 0.6) is 0 Å². The summed E-state index contributed by atoms with van der Waals surface area (Å²) >= 11 is 8.23. The molecule has 6 atom stereocenters. The van der Waals surface area contributed by atoms with Crippen molar-refractivity contribution in [1.29, 1.82) is 0 Å². The van der Waals surface area contributed by atoms with Crippen LogP contribution in [0.15, 0.2) is 61.2 Å². The largest absolute Gasteiger partial charge is 0.466 e. The molecule has 3 aliphatic heterocycles. The molecule has 2 unspecified atom stereocenters. The van der Waals surface area contributed by atoms with E-state index >= 15 is 0 Å². The highest BCUT2D eigenvalue weighted by Crippen LogP contribution is 2.72. The number of hydrogen-bond acceptors (Lipinski definition) is 6. The first-order chi connectivity index (χ1) is 19.1. The summed E-state index contributed by atoms with van der Waals surface area (Å²) in [7, 11) is 0. The molecule has 212 valence electrons. The number of carbonyl (C=O) groups is 3. The van der Waals surface area contributed by atoms with Gasteiger partial charge in [0.15, 0.2) is 0 Å². The highest BCUT2D eigenvalue weighted by atomic mass is 35.5. The lowest BCUT2D eigenvalue weighted by molar-refractivity contribution is -0.155. The number of benzene rings is 2. The first-order valence-corrected chi connectivity index (χ1v) is 14.9. The number of aliphatic hydroxyl groups excluding tert-OH is 1. The maximum atomic E-state index is 14.9. The molecule has 1 N–H and O–H groups in total. The van der Waals surface area contributed by atoms with Crippen molar-refractivity contribution in [1.82, 2.24) is 4.90 Å². The Balaban J connectivity index is 1.70. The second-order valence-corrected chi connectivity index (χ2v) is 13.3. The second kappa shape index (κ2) is 10.9. The van der Waals surface area contributed by atoms with E-state index in [0.29, 0.717) is 23.6 Å².